The topological polar surface area (TPSA) is 162 Å². The molecule has 0 bridgehead atoms. The van der Waals surface area contributed by atoms with Crippen LogP contribution in [-0.4, -0.2) is 94.4 Å². The van der Waals surface area contributed by atoms with Crippen molar-refractivity contribution in [2.24, 2.45) is 0 Å². The van der Waals surface area contributed by atoms with Crippen LogP contribution in [0.1, 0.15) is 71.3 Å². The van der Waals surface area contributed by atoms with Gasteiger partial charge in [-0.2, -0.15) is 15.2 Å². The molecule has 0 radical (unpaired) electrons. The van der Waals surface area contributed by atoms with Crippen molar-refractivity contribution in [1.82, 2.24) is 20.2 Å². The number of thiophene rings is 1. The second-order valence-electron chi connectivity index (χ2n) is 16.3. The fraction of sp³-hybridized carbons (Fsp3) is 0.513. The maximum absolute atomic E-state index is 17.6. The summed E-state index contributed by atoms with van der Waals surface area (Å²) in [6, 6.07) is 4.14. The zero-order valence-corrected chi connectivity index (χ0v) is 33.1. The number of ether oxygens (including phenoxy) is 3. The number of fused-ring (bicyclic) bond motifs is 2. The molecule has 2 saturated heterocycles. The van der Waals surface area contributed by atoms with Gasteiger partial charge in [0.25, 0.3) is 0 Å². The summed E-state index contributed by atoms with van der Waals surface area (Å²) in [5, 5.41) is 24.6. The van der Waals surface area contributed by atoms with Gasteiger partial charge in [-0.3, -0.25) is 10.2 Å². The molecular formula is C39H41ClF3N7O6S. The van der Waals surface area contributed by atoms with Crippen LogP contribution in [0, 0.1) is 23.0 Å². The summed E-state index contributed by atoms with van der Waals surface area (Å²) in [6.45, 7) is 7.26. The van der Waals surface area contributed by atoms with Gasteiger partial charge in [0.2, 0.25) is 0 Å². The van der Waals surface area contributed by atoms with E-state index < -0.39 is 46.7 Å². The normalized spacial score (nSPS) is 21.6. The Hall–Kier alpha value is -4.79. The molecule has 2 aromatic heterocycles. The first-order valence-electron chi connectivity index (χ1n) is 18.9. The predicted molar refractivity (Wildman–Crippen MR) is 208 cm³/mol. The van der Waals surface area contributed by atoms with Gasteiger partial charge >= 0.3 is 18.2 Å². The fourth-order valence-electron chi connectivity index (χ4n) is 8.72. The number of carbonyl (C=O) groups excluding carboxylic acids is 1. The van der Waals surface area contributed by atoms with Gasteiger partial charge in [-0.15, -0.1) is 11.3 Å². The molecule has 1 saturated carbocycles. The minimum absolute atomic E-state index is 0.0128. The SMILES string of the molecule is CC(C)(C)OC(=O)NC1(CN2CCCOc3c(Cl)c(-c4ccc(F)c5sc(NC(=O)O)c(C#N)c45)c(F)c4nc(OC[C@@]56CCCN5C[C@H](F)C6)nc2c34)CCC1. The molecule has 3 aliphatic heterocycles. The average molecular weight is 828 g/mol. The third-order valence-electron chi connectivity index (χ3n) is 11.3. The molecule has 2 aromatic carbocycles. The zero-order valence-electron chi connectivity index (χ0n) is 31.6. The van der Waals surface area contributed by atoms with Crippen molar-refractivity contribution >= 4 is 66.9 Å². The third-order valence-corrected chi connectivity index (χ3v) is 12.7. The van der Waals surface area contributed by atoms with Crippen LogP contribution in [0.4, 0.5) is 33.6 Å². The number of rotatable bonds is 8. The molecule has 5 heterocycles. The summed E-state index contributed by atoms with van der Waals surface area (Å²) in [4.78, 5) is 38.2. The van der Waals surface area contributed by atoms with Crippen LogP contribution < -0.4 is 25.0 Å². The van der Waals surface area contributed by atoms with Crippen molar-refractivity contribution in [3.8, 4) is 29.0 Å². The Morgan fingerprint density at radius 2 is 1.95 bits per heavy atom. The highest BCUT2D eigenvalue weighted by atomic mass is 35.5. The first-order valence-corrected chi connectivity index (χ1v) is 20.1. The van der Waals surface area contributed by atoms with E-state index in [-0.39, 0.29) is 91.5 Å². The van der Waals surface area contributed by atoms with Crippen molar-refractivity contribution in [3.05, 3.63) is 34.4 Å². The first kappa shape index (κ1) is 39.1. The van der Waals surface area contributed by atoms with E-state index >= 15 is 8.78 Å². The molecule has 3 fully saturated rings. The molecule has 8 rings (SSSR count). The molecule has 3 N–H and O–H groups in total. The van der Waals surface area contributed by atoms with E-state index in [0.717, 1.165) is 25.5 Å². The number of alkyl carbamates (subject to hydrolysis) is 1. The van der Waals surface area contributed by atoms with Crippen molar-refractivity contribution in [1.29, 1.82) is 5.26 Å². The lowest BCUT2D eigenvalue weighted by Gasteiger charge is -2.46. The summed E-state index contributed by atoms with van der Waals surface area (Å²) in [6.07, 6.45) is 1.47. The average Bonchev–Trinajstić information content (AvgIpc) is 3.77. The second-order valence-corrected chi connectivity index (χ2v) is 17.7. The second kappa shape index (κ2) is 14.5. The number of nitrogens with zero attached hydrogens (tertiary/aromatic N) is 5. The summed E-state index contributed by atoms with van der Waals surface area (Å²) >= 11 is 7.83. The van der Waals surface area contributed by atoms with Crippen molar-refractivity contribution < 1.29 is 42.1 Å². The maximum atomic E-state index is 17.6. The van der Waals surface area contributed by atoms with Crippen LogP contribution in [0.5, 0.6) is 11.8 Å². The number of carbonyl (C=O) groups is 2. The van der Waals surface area contributed by atoms with E-state index in [2.05, 4.69) is 20.5 Å². The van der Waals surface area contributed by atoms with E-state index in [1.165, 1.54) is 6.07 Å². The number of aromatic nitrogens is 2. The van der Waals surface area contributed by atoms with Gasteiger partial charge in [-0.1, -0.05) is 17.7 Å². The molecule has 0 spiro atoms. The minimum atomic E-state index is -1.47. The lowest BCUT2D eigenvalue weighted by molar-refractivity contribution is 0.0390. The number of amides is 2. The Kier molecular flexibility index (Phi) is 9.97. The molecule has 4 aliphatic rings. The number of hydrogen-bond acceptors (Lipinski definition) is 11. The Morgan fingerprint density at radius 3 is 2.65 bits per heavy atom. The van der Waals surface area contributed by atoms with Gasteiger partial charge < -0.3 is 29.5 Å². The van der Waals surface area contributed by atoms with Gasteiger partial charge in [0.1, 0.15) is 46.6 Å². The van der Waals surface area contributed by atoms with Crippen LogP contribution in [0.25, 0.3) is 32.1 Å². The van der Waals surface area contributed by atoms with Gasteiger partial charge in [-0.05, 0) is 77.5 Å². The van der Waals surface area contributed by atoms with Crippen molar-refractivity contribution in [3.63, 3.8) is 0 Å². The monoisotopic (exact) mass is 827 g/mol. The Labute approximate surface area is 335 Å². The lowest BCUT2D eigenvalue weighted by Crippen LogP contribution is -2.61. The Bertz CT molecular complexity index is 2350. The number of hydrogen-bond donors (Lipinski definition) is 3. The zero-order chi connectivity index (χ0) is 40.4. The van der Waals surface area contributed by atoms with E-state index in [4.69, 9.17) is 30.8 Å². The smallest absolute Gasteiger partial charge is 0.409 e. The summed E-state index contributed by atoms with van der Waals surface area (Å²) in [5.74, 6) is -1.40. The molecule has 2 amide bonds. The summed E-state index contributed by atoms with van der Waals surface area (Å²) < 4.78 is 65.8. The quantitative estimate of drug-likeness (QED) is 0.156. The van der Waals surface area contributed by atoms with Crippen LogP contribution in [-0.2, 0) is 4.74 Å². The number of halogens is 4. The van der Waals surface area contributed by atoms with Gasteiger partial charge in [0, 0.05) is 37.0 Å². The third kappa shape index (κ3) is 7.09. The lowest BCUT2D eigenvalue weighted by atomic mass is 9.76. The van der Waals surface area contributed by atoms with E-state index in [9.17, 15) is 24.3 Å². The molecule has 13 nitrogen and oxygen atoms in total. The molecule has 302 valence electrons. The minimum Gasteiger partial charge on any atom is -0.491 e. The number of anilines is 2. The van der Waals surface area contributed by atoms with Gasteiger partial charge in [-0.25, -0.2) is 22.8 Å². The highest BCUT2D eigenvalue weighted by Gasteiger charge is 2.50. The summed E-state index contributed by atoms with van der Waals surface area (Å²) in [5.41, 5.74) is -2.66. The molecule has 4 aromatic rings. The number of nitriles is 1. The summed E-state index contributed by atoms with van der Waals surface area (Å²) in [7, 11) is 0. The number of nitrogens with one attached hydrogen (secondary N) is 2. The number of benzene rings is 2. The highest BCUT2D eigenvalue weighted by molar-refractivity contribution is 7.23. The van der Waals surface area contributed by atoms with Gasteiger partial charge in [0.05, 0.1) is 38.4 Å². The van der Waals surface area contributed by atoms with Crippen LogP contribution in [0.2, 0.25) is 5.02 Å². The van der Waals surface area contributed by atoms with Gasteiger partial charge in [0.15, 0.2) is 11.6 Å². The Morgan fingerprint density at radius 1 is 1.16 bits per heavy atom. The van der Waals surface area contributed by atoms with Crippen LogP contribution in [0.15, 0.2) is 12.1 Å². The van der Waals surface area contributed by atoms with Crippen LogP contribution in [0.3, 0.4) is 0 Å². The molecule has 57 heavy (non-hydrogen) atoms. The number of alkyl halides is 1. The molecule has 0 unspecified atom stereocenters. The molecule has 1 aliphatic carbocycles. The van der Waals surface area contributed by atoms with E-state index in [1.807, 2.05) is 11.0 Å². The largest absolute Gasteiger partial charge is 0.491 e. The van der Waals surface area contributed by atoms with Crippen molar-refractivity contribution in [2.45, 2.75) is 88.6 Å². The van der Waals surface area contributed by atoms with Crippen LogP contribution >= 0.6 is 22.9 Å². The number of carboxylic acid groups (broad SMARTS) is 1. The standard InChI is InChI=1S/C39H41ClF3N7O6S/c1-37(2,3)56-36(53)48-38(9-4-10-38)18-49-12-6-14-54-30-26-29(45-34(46-32(26)49)55-19-39-11-5-13-50(39)17-20(41)15-39)28(43)25(27(30)40)21-7-8-23(42)31-24(21)22(16-44)33(57-31)47-35(51)52/h7-8,20,47H,4-6,9-15,17-19H2,1-3H3,(H,48,53)(H,51,52)/t20-,39+/m1/s1. The first-order chi connectivity index (χ1) is 27.1. The fourth-order valence-corrected chi connectivity index (χ4v) is 10.1. The Balaban J connectivity index is 1.31. The maximum Gasteiger partial charge on any atom is 0.409 e. The predicted octanol–water partition coefficient (Wildman–Crippen LogP) is 8.40. The molecule has 18 heteroatoms. The van der Waals surface area contributed by atoms with E-state index in [1.54, 1.807) is 20.8 Å². The highest BCUT2D eigenvalue weighted by Crippen LogP contribution is 2.51. The molecule has 2 atom stereocenters. The van der Waals surface area contributed by atoms with Crippen molar-refractivity contribution in [2.75, 3.05) is 49.6 Å². The van der Waals surface area contributed by atoms with E-state index in [0.29, 0.717) is 50.1 Å². The molecular weight excluding hydrogens is 787 g/mol.